The molecule has 11 heteroatoms. The van der Waals surface area contributed by atoms with Crippen molar-refractivity contribution in [3.05, 3.63) is 48.4 Å². The van der Waals surface area contributed by atoms with Gasteiger partial charge in [-0.25, -0.2) is 0 Å². The van der Waals surface area contributed by atoms with Crippen LogP contribution in [0.4, 0.5) is 32.0 Å². The van der Waals surface area contributed by atoms with Crippen molar-refractivity contribution in [1.82, 2.24) is 14.6 Å². The Hall–Kier alpha value is -2.82. The number of nitrogens with one attached hydrogen (secondary N) is 1. The summed E-state index contributed by atoms with van der Waals surface area (Å²) in [4.78, 5) is 3.50. The topological polar surface area (TPSA) is 51.5 Å². The zero-order valence-corrected chi connectivity index (χ0v) is 12.1. The summed E-state index contributed by atoms with van der Waals surface area (Å²) < 4.78 is 75.6. The van der Waals surface area contributed by atoms with Crippen molar-refractivity contribution in [3.63, 3.8) is 0 Å². The van der Waals surface area contributed by atoms with Crippen molar-refractivity contribution in [2.24, 2.45) is 0 Å². The molecule has 0 atom stereocenters. The Kier molecular flexibility index (Phi) is 4.03. The van der Waals surface area contributed by atoms with Crippen LogP contribution in [0.3, 0.4) is 0 Å². The lowest BCUT2D eigenvalue weighted by Crippen LogP contribution is -2.17. The van der Waals surface area contributed by atoms with Crippen LogP contribution in [0.15, 0.2) is 42.6 Å². The third-order valence-corrected chi connectivity index (χ3v) is 3.14. The first kappa shape index (κ1) is 17.0. The van der Waals surface area contributed by atoms with Gasteiger partial charge in [0.2, 0.25) is 5.82 Å². The molecular weight excluding hydrogens is 354 g/mol. The zero-order chi connectivity index (χ0) is 18.2. The van der Waals surface area contributed by atoms with E-state index in [1.54, 1.807) is 5.48 Å². The van der Waals surface area contributed by atoms with Crippen LogP contribution >= 0.6 is 0 Å². The van der Waals surface area contributed by atoms with Crippen molar-refractivity contribution in [2.45, 2.75) is 12.5 Å². The van der Waals surface area contributed by atoms with Crippen LogP contribution in [0.1, 0.15) is 5.82 Å². The number of benzene rings is 1. The smallest absolute Gasteiger partial charge is 0.278 e. The van der Waals surface area contributed by atoms with Gasteiger partial charge < -0.3 is 0 Å². The van der Waals surface area contributed by atoms with E-state index >= 15 is 0 Å². The number of anilines is 1. The van der Waals surface area contributed by atoms with E-state index in [0.29, 0.717) is 11.1 Å². The number of fused-ring (bicyclic) bond motifs is 1. The van der Waals surface area contributed by atoms with Crippen LogP contribution in [-0.4, -0.2) is 21.0 Å². The summed E-state index contributed by atoms with van der Waals surface area (Å²) in [6.07, 6.45) is -8.41. The average molecular weight is 362 g/mol. The van der Waals surface area contributed by atoms with Gasteiger partial charge in [-0.15, -0.1) is 23.4 Å². The lowest BCUT2D eigenvalue weighted by molar-refractivity contribution is -0.311. The number of aromatic nitrogens is 3. The number of pyridine rings is 1. The van der Waals surface area contributed by atoms with E-state index in [1.165, 1.54) is 36.4 Å². The van der Waals surface area contributed by atoms with E-state index in [9.17, 15) is 26.3 Å². The molecule has 5 nitrogen and oxygen atoms in total. The SMILES string of the molecule is FC(F)(F)ONc1cccc(-c2ccc3nnc(C(F)(F)F)n3c2)c1. The first-order chi connectivity index (χ1) is 11.6. The second kappa shape index (κ2) is 5.92. The van der Waals surface area contributed by atoms with Crippen molar-refractivity contribution < 1.29 is 31.2 Å². The van der Waals surface area contributed by atoms with Gasteiger partial charge in [0.15, 0.2) is 5.65 Å². The Morgan fingerprint density at radius 1 is 0.920 bits per heavy atom. The highest BCUT2D eigenvalue weighted by Gasteiger charge is 2.37. The molecule has 0 fully saturated rings. The van der Waals surface area contributed by atoms with E-state index in [1.807, 2.05) is 0 Å². The second-order valence-electron chi connectivity index (χ2n) is 4.90. The normalized spacial score (nSPS) is 12.6. The minimum absolute atomic E-state index is 0.00856. The molecule has 2 heterocycles. The molecule has 25 heavy (non-hydrogen) atoms. The molecule has 3 aromatic rings. The highest BCUT2D eigenvalue weighted by atomic mass is 19.4. The van der Waals surface area contributed by atoms with Crippen molar-refractivity contribution >= 4 is 11.3 Å². The molecule has 0 amide bonds. The quantitative estimate of drug-likeness (QED) is 0.558. The summed E-state index contributed by atoms with van der Waals surface area (Å²) in [5, 5.41) is 6.54. The van der Waals surface area contributed by atoms with Gasteiger partial charge in [-0.1, -0.05) is 12.1 Å². The number of halogens is 6. The molecular formula is C14H8F6N4O. The molecule has 0 spiro atoms. The number of hydrogen-bond donors (Lipinski definition) is 1. The van der Waals surface area contributed by atoms with Gasteiger partial charge in [-0.3, -0.25) is 9.88 Å². The summed E-state index contributed by atoms with van der Waals surface area (Å²) in [7, 11) is 0. The third kappa shape index (κ3) is 3.82. The van der Waals surface area contributed by atoms with Crippen LogP contribution in [0.5, 0.6) is 0 Å². The maximum Gasteiger partial charge on any atom is 0.543 e. The Bertz CT molecular complexity index is 902. The lowest BCUT2D eigenvalue weighted by Gasteiger charge is -2.11. The lowest BCUT2D eigenvalue weighted by atomic mass is 10.1. The largest absolute Gasteiger partial charge is 0.543 e. The molecule has 0 aliphatic rings. The van der Waals surface area contributed by atoms with Crippen LogP contribution in [-0.2, 0) is 11.0 Å². The van der Waals surface area contributed by atoms with E-state index in [2.05, 4.69) is 15.0 Å². The minimum atomic E-state index is -4.88. The van der Waals surface area contributed by atoms with E-state index in [-0.39, 0.29) is 11.3 Å². The average Bonchev–Trinajstić information content (AvgIpc) is 2.96. The number of hydrogen-bond acceptors (Lipinski definition) is 4. The maximum atomic E-state index is 12.9. The van der Waals surface area contributed by atoms with Crippen LogP contribution in [0.2, 0.25) is 0 Å². The molecule has 0 saturated carbocycles. The molecule has 0 bridgehead atoms. The van der Waals surface area contributed by atoms with Crippen LogP contribution in [0.25, 0.3) is 16.8 Å². The summed E-state index contributed by atoms with van der Waals surface area (Å²) >= 11 is 0. The highest BCUT2D eigenvalue weighted by Crippen LogP contribution is 2.30. The number of nitrogens with zero attached hydrogens (tertiary/aromatic N) is 3. The molecule has 1 N–H and O–H groups in total. The number of rotatable bonds is 3. The van der Waals surface area contributed by atoms with Gasteiger partial charge in [0, 0.05) is 6.20 Å². The van der Waals surface area contributed by atoms with E-state index in [0.717, 1.165) is 10.6 Å². The molecule has 0 aliphatic heterocycles. The molecule has 0 unspecified atom stereocenters. The van der Waals surface area contributed by atoms with Gasteiger partial charge in [0.05, 0.1) is 5.69 Å². The maximum absolute atomic E-state index is 12.9. The van der Waals surface area contributed by atoms with Crippen molar-refractivity contribution in [3.8, 4) is 11.1 Å². The van der Waals surface area contributed by atoms with Crippen LogP contribution < -0.4 is 5.48 Å². The zero-order valence-electron chi connectivity index (χ0n) is 12.1. The summed E-state index contributed by atoms with van der Waals surface area (Å²) in [6.45, 7) is 0. The first-order valence-corrected chi connectivity index (χ1v) is 6.67. The molecule has 1 aromatic carbocycles. The highest BCUT2D eigenvalue weighted by molar-refractivity contribution is 5.68. The van der Waals surface area contributed by atoms with Gasteiger partial charge in [-0.05, 0) is 35.4 Å². The van der Waals surface area contributed by atoms with Crippen LogP contribution in [0, 0.1) is 0 Å². The fourth-order valence-electron chi connectivity index (χ4n) is 2.13. The Morgan fingerprint density at radius 2 is 1.68 bits per heavy atom. The Labute approximate surface area is 135 Å². The van der Waals surface area contributed by atoms with Gasteiger partial charge in [0.25, 0.3) is 0 Å². The molecule has 0 saturated heterocycles. The Morgan fingerprint density at radius 3 is 2.36 bits per heavy atom. The fraction of sp³-hybridized carbons (Fsp3) is 0.143. The predicted octanol–water partition coefficient (Wildman–Crippen LogP) is 4.28. The summed E-state index contributed by atoms with van der Waals surface area (Å²) in [5.74, 6) is -1.20. The molecule has 2 aromatic heterocycles. The molecule has 3 rings (SSSR count). The van der Waals surface area contributed by atoms with E-state index < -0.39 is 18.4 Å². The predicted molar refractivity (Wildman–Crippen MR) is 74.2 cm³/mol. The third-order valence-electron chi connectivity index (χ3n) is 3.14. The summed E-state index contributed by atoms with van der Waals surface area (Å²) in [6, 6.07) is 8.37. The van der Waals surface area contributed by atoms with Gasteiger partial charge in [0.1, 0.15) is 0 Å². The summed E-state index contributed by atoms with van der Waals surface area (Å²) in [5.41, 5.74) is 2.40. The first-order valence-electron chi connectivity index (χ1n) is 6.67. The molecule has 0 aliphatic carbocycles. The number of alkyl halides is 6. The van der Waals surface area contributed by atoms with E-state index in [4.69, 9.17) is 0 Å². The van der Waals surface area contributed by atoms with Crippen molar-refractivity contribution in [2.75, 3.05) is 5.48 Å². The van der Waals surface area contributed by atoms with Crippen molar-refractivity contribution in [1.29, 1.82) is 0 Å². The minimum Gasteiger partial charge on any atom is -0.278 e. The Balaban J connectivity index is 1.96. The second-order valence-corrected chi connectivity index (χ2v) is 4.90. The fourth-order valence-corrected chi connectivity index (χ4v) is 2.13. The molecule has 0 radical (unpaired) electrons. The standard InChI is InChI=1S/C14H8F6N4O/c15-13(16,17)12-22-21-11-5-4-9(7-24(11)12)8-2-1-3-10(6-8)23-25-14(18,19)20/h1-7,23H. The van der Waals surface area contributed by atoms with Gasteiger partial charge >= 0.3 is 12.5 Å². The monoisotopic (exact) mass is 362 g/mol. The molecule has 132 valence electrons. The van der Waals surface area contributed by atoms with Gasteiger partial charge in [-0.2, -0.15) is 18.0 Å².